The van der Waals surface area contributed by atoms with Gasteiger partial charge in [-0.25, -0.2) is 9.78 Å². The Hall–Kier alpha value is -2.11. The number of hydrogen-bond donors (Lipinski definition) is 2. The maximum atomic E-state index is 11.6. The molecule has 0 spiro atoms. The van der Waals surface area contributed by atoms with Crippen molar-refractivity contribution in [1.82, 2.24) is 4.98 Å². The molecule has 0 bridgehead atoms. The summed E-state index contributed by atoms with van der Waals surface area (Å²) < 4.78 is 5.11. The van der Waals surface area contributed by atoms with E-state index in [1.54, 1.807) is 40.7 Å². The minimum Gasteiger partial charge on any atom is -0.481 e. The van der Waals surface area contributed by atoms with Crippen LogP contribution >= 0.6 is 0 Å². The number of amides is 1. The second-order valence-corrected chi connectivity index (χ2v) is 5.99. The van der Waals surface area contributed by atoms with Gasteiger partial charge in [-0.05, 0) is 52.3 Å². The maximum absolute atomic E-state index is 11.6. The predicted octanol–water partition coefficient (Wildman–Crippen LogP) is 2.79. The molecule has 1 aromatic rings. The van der Waals surface area contributed by atoms with E-state index in [2.05, 4.69) is 10.3 Å². The van der Waals surface area contributed by atoms with E-state index in [4.69, 9.17) is 4.74 Å². The molecular weight excluding hydrogens is 260 g/mol. The summed E-state index contributed by atoms with van der Waals surface area (Å²) in [4.78, 5) is 26.8. The monoisotopic (exact) mass is 280 g/mol. The number of carbonyl (C=O) groups is 2. The summed E-state index contributed by atoms with van der Waals surface area (Å²) in [6.45, 7) is 8.43. The topological polar surface area (TPSA) is 88.5 Å². The highest BCUT2D eigenvalue weighted by molar-refractivity contribution is 5.85. The lowest BCUT2D eigenvalue weighted by Gasteiger charge is -2.21. The number of carboxylic acid groups (broad SMARTS) is 1. The molecule has 0 radical (unpaired) electrons. The Bertz CT molecular complexity index is 518. The number of pyridine rings is 1. The van der Waals surface area contributed by atoms with Crippen LogP contribution in [0.1, 0.15) is 40.2 Å². The standard InChI is InChI=1S/C14H20N2O4/c1-13(2,3)20-12(19)16-10-8-9(6-7-15-10)14(4,5)11(17)18/h6-8H,1-5H3,(H,17,18)(H,15,16,19). The van der Waals surface area contributed by atoms with E-state index in [0.717, 1.165) is 0 Å². The van der Waals surface area contributed by atoms with Crippen molar-refractivity contribution in [3.63, 3.8) is 0 Å². The van der Waals surface area contributed by atoms with E-state index in [1.165, 1.54) is 12.3 Å². The Balaban J connectivity index is 2.90. The fraction of sp³-hybridized carbons (Fsp3) is 0.500. The Morgan fingerprint density at radius 1 is 1.25 bits per heavy atom. The molecule has 0 aliphatic heterocycles. The fourth-order valence-electron chi connectivity index (χ4n) is 1.42. The number of aromatic nitrogens is 1. The fourth-order valence-corrected chi connectivity index (χ4v) is 1.42. The normalized spacial score (nSPS) is 11.8. The molecule has 110 valence electrons. The van der Waals surface area contributed by atoms with Crippen LogP contribution in [0.5, 0.6) is 0 Å². The third-order valence-electron chi connectivity index (χ3n) is 2.65. The number of nitrogens with one attached hydrogen (secondary N) is 1. The lowest BCUT2D eigenvalue weighted by atomic mass is 9.85. The van der Waals surface area contributed by atoms with Gasteiger partial charge in [0.05, 0.1) is 5.41 Å². The van der Waals surface area contributed by atoms with E-state index in [9.17, 15) is 14.7 Å². The summed E-state index contributed by atoms with van der Waals surface area (Å²) >= 11 is 0. The van der Waals surface area contributed by atoms with Crippen molar-refractivity contribution in [2.24, 2.45) is 0 Å². The third kappa shape index (κ3) is 4.22. The van der Waals surface area contributed by atoms with Crippen molar-refractivity contribution in [2.75, 3.05) is 5.32 Å². The highest BCUT2D eigenvalue weighted by Crippen LogP contribution is 2.24. The quantitative estimate of drug-likeness (QED) is 0.888. The molecule has 20 heavy (non-hydrogen) atoms. The van der Waals surface area contributed by atoms with Gasteiger partial charge in [0, 0.05) is 6.20 Å². The molecule has 0 aliphatic carbocycles. The third-order valence-corrected chi connectivity index (χ3v) is 2.65. The molecule has 1 aromatic heterocycles. The zero-order chi connectivity index (χ0) is 15.6. The Morgan fingerprint density at radius 2 is 1.85 bits per heavy atom. The molecule has 0 aromatic carbocycles. The van der Waals surface area contributed by atoms with E-state index in [1.807, 2.05) is 0 Å². The molecule has 0 fully saturated rings. The average molecular weight is 280 g/mol. The number of carboxylic acids is 1. The molecule has 0 aliphatic rings. The zero-order valence-corrected chi connectivity index (χ0v) is 12.4. The predicted molar refractivity (Wildman–Crippen MR) is 74.8 cm³/mol. The highest BCUT2D eigenvalue weighted by Gasteiger charge is 2.30. The SMILES string of the molecule is CC(C)(C)OC(=O)Nc1cc(C(C)(C)C(=O)O)ccn1. The van der Waals surface area contributed by atoms with Gasteiger partial charge in [0.1, 0.15) is 11.4 Å². The van der Waals surface area contributed by atoms with Crippen LogP contribution in [-0.2, 0) is 14.9 Å². The van der Waals surface area contributed by atoms with Gasteiger partial charge in [0.25, 0.3) is 0 Å². The Kier molecular flexibility index (Phi) is 4.37. The Morgan fingerprint density at radius 3 is 2.35 bits per heavy atom. The van der Waals surface area contributed by atoms with Crippen LogP contribution < -0.4 is 5.32 Å². The van der Waals surface area contributed by atoms with Gasteiger partial charge in [0.15, 0.2) is 0 Å². The minimum absolute atomic E-state index is 0.256. The molecular formula is C14H20N2O4. The van der Waals surface area contributed by atoms with Crippen LogP contribution in [-0.4, -0.2) is 27.8 Å². The van der Waals surface area contributed by atoms with Crippen molar-refractivity contribution in [3.8, 4) is 0 Å². The lowest BCUT2D eigenvalue weighted by Crippen LogP contribution is -2.29. The summed E-state index contributed by atoms with van der Waals surface area (Å²) in [6.07, 6.45) is 0.822. The summed E-state index contributed by atoms with van der Waals surface area (Å²) in [7, 11) is 0. The summed E-state index contributed by atoms with van der Waals surface area (Å²) in [5.74, 6) is -0.696. The van der Waals surface area contributed by atoms with E-state index in [0.29, 0.717) is 5.56 Å². The maximum Gasteiger partial charge on any atom is 0.413 e. The molecule has 0 atom stereocenters. The van der Waals surface area contributed by atoms with Crippen molar-refractivity contribution < 1.29 is 19.4 Å². The average Bonchev–Trinajstić information content (AvgIpc) is 2.26. The first-order chi connectivity index (χ1) is 9.02. The number of anilines is 1. The van der Waals surface area contributed by atoms with Crippen molar-refractivity contribution in [2.45, 2.75) is 45.6 Å². The first-order valence-corrected chi connectivity index (χ1v) is 6.22. The number of carbonyl (C=O) groups excluding carboxylic acids is 1. The molecule has 0 saturated heterocycles. The van der Waals surface area contributed by atoms with Crippen molar-refractivity contribution in [1.29, 1.82) is 0 Å². The minimum atomic E-state index is -1.06. The summed E-state index contributed by atoms with van der Waals surface area (Å²) in [5, 5.41) is 11.7. The number of rotatable bonds is 3. The van der Waals surface area contributed by atoms with Gasteiger partial charge < -0.3 is 9.84 Å². The first kappa shape index (κ1) is 15.9. The summed E-state index contributed by atoms with van der Waals surface area (Å²) in [5.41, 5.74) is -1.12. The van der Waals surface area contributed by atoms with Crippen LogP contribution in [0, 0.1) is 0 Å². The second-order valence-electron chi connectivity index (χ2n) is 5.99. The van der Waals surface area contributed by atoms with Crippen LogP contribution in [0.3, 0.4) is 0 Å². The van der Waals surface area contributed by atoms with Gasteiger partial charge in [-0.2, -0.15) is 0 Å². The van der Waals surface area contributed by atoms with Gasteiger partial charge in [0.2, 0.25) is 0 Å². The highest BCUT2D eigenvalue weighted by atomic mass is 16.6. The largest absolute Gasteiger partial charge is 0.481 e. The van der Waals surface area contributed by atoms with E-state index >= 15 is 0 Å². The first-order valence-electron chi connectivity index (χ1n) is 6.22. The molecule has 0 unspecified atom stereocenters. The lowest BCUT2D eigenvalue weighted by molar-refractivity contribution is -0.142. The number of nitrogens with zero attached hydrogens (tertiary/aromatic N) is 1. The van der Waals surface area contributed by atoms with Crippen LogP contribution in [0.15, 0.2) is 18.3 Å². The Labute approximate surface area is 118 Å². The molecule has 1 heterocycles. The van der Waals surface area contributed by atoms with Crippen LogP contribution in [0.4, 0.5) is 10.6 Å². The van der Waals surface area contributed by atoms with Crippen LogP contribution in [0.2, 0.25) is 0 Å². The molecule has 6 nitrogen and oxygen atoms in total. The number of aliphatic carboxylic acids is 1. The smallest absolute Gasteiger partial charge is 0.413 e. The van der Waals surface area contributed by atoms with Crippen LogP contribution in [0.25, 0.3) is 0 Å². The van der Waals surface area contributed by atoms with Crippen molar-refractivity contribution in [3.05, 3.63) is 23.9 Å². The number of ether oxygens (including phenoxy) is 1. The molecule has 2 N–H and O–H groups in total. The van der Waals surface area contributed by atoms with Crippen molar-refractivity contribution >= 4 is 17.9 Å². The van der Waals surface area contributed by atoms with Gasteiger partial charge >= 0.3 is 12.1 Å². The molecule has 1 amide bonds. The molecule has 0 saturated carbocycles. The summed E-state index contributed by atoms with van der Waals surface area (Å²) in [6, 6.07) is 3.13. The number of hydrogen-bond acceptors (Lipinski definition) is 4. The molecule has 1 rings (SSSR count). The van der Waals surface area contributed by atoms with Gasteiger partial charge in [-0.3, -0.25) is 10.1 Å². The van der Waals surface area contributed by atoms with E-state index < -0.39 is 23.1 Å². The van der Waals surface area contributed by atoms with Gasteiger partial charge in [-0.1, -0.05) is 0 Å². The zero-order valence-electron chi connectivity index (χ0n) is 12.4. The second kappa shape index (κ2) is 5.48. The molecule has 6 heteroatoms. The van der Waals surface area contributed by atoms with Gasteiger partial charge in [-0.15, -0.1) is 0 Å². The van der Waals surface area contributed by atoms with E-state index in [-0.39, 0.29) is 5.82 Å².